The van der Waals surface area contributed by atoms with Crippen molar-refractivity contribution in [2.24, 2.45) is 5.92 Å². The summed E-state index contributed by atoms with van der Waals surface area (Å²) in [6.45, 7) is 4.33. The molecule has 0 aliphatic carbocycles. The van der Waals surface area contributed by atoms with Gasteiger partial charge in [-0.2, -0.15) is 0 Å². The van der Waals surface area contributed by atoms with Crippen LogP contribution in [0.4, 0.5) is 0 Å². The van der Waals surface area contributed by atoms with Gasteiger partial charge in [0.25, 0.3) is 11.5 Å². The lowest BCUT2D eigenvalue weighted by molar-refractivity contribution is 0.0207. The summed E-state index contributed by atoms with van der Waals surface area (Å²) >= 11 is 0. The van der Waals surface area contributed by atoms with Crippen LogP contribution >= 0.6 is 0 Å². The van der Waals surface area contributed by atoms with E-state index in [9.17, 15) is 9.59 Å². The molecular weight excluding hydrogens is 268 g/mol. The molecule has 2 N–H and O–H groups in total. The standard InChI is InChI=1S/C16H18N2O3/c1-11(2)10-21-18-16(20)13-8-9-14(17-15(13)19)12-6-4-3-5-7-12/h3-9,11H,10H2,1-2H3,(H,17,19)(H,18,20). The number of aromatic amines is 1. The molecule has 0 spiro atoms. The van der Waals surface area contributed by atoms with Crippen molar-refractivity contribution in [3.8, 4) is 11.3 Å². The zero-order chi connectivity index (χ0) is 15.2. The largest absolute Gasteiger partial charge is 0.321 e. The Hall–Kier alpha value is -2.40. The van der Waals surface area contributed by atoms with Gasteiger partial charge >= 0.3 is 0 Å². The average molecular weight is 286 g/mol. The molecule has 2 aromatic rings. The molecule has 1 aromatic carbocycles. The lowest BCUT2D eigenvalue weighted by Gasteiger charge is -2.08. The molecule has 0 atom stereocenters. The molecule has 0 unspecified atom stereocenters. The molecular formula is C16H18N2O3. The molecule has 2 rings (SSSR count). The van der Waals surface area contributed by atoms with Crippen LogP contribution in [0.2, 0.25) is 0 Å². The first-order valence-electron chi connectivity index (χ1n) is 6.79. The van der Waals surface area contributed by atoms with Gasteiger partial charge in [-0.05, 0) is 23.6 Å². The number of hydrogen-bond donors (Lipinski definition) is 2. The predicted molar refractivity (Wildman–Crippen MR) is 80.8 cm³/mol. The third-order valence-corrected chi connectivity index (χ3v) is 2.82. The summed E-state index contributed by atoms with van der Waals surface area (Å²) in [5, 5.41) is 0. The van der Waals surface area contributed by atoms with Crippen molar-refractivity contribution in [1.82, 2.24) is 10.5 Å². The maximum absolute atomic E-state index is 12.0. The maximum Gasteiger partial charge on any atom is 0.280 e. The summed E-state index contributed by atoms with van der Waals surface area (Å²) in [7, 11) is 0. The van der Waals surface area contributed by atoms with Crippen molar-refractivity contribution >= 4 is 5.91 Å². The summed E-state index contributed by atoms with van der Waals surface area (Å²) in [6.07, 6.45) is 0. The van der Waals surface area contributed by atoms with E-state index < -0.39 is 11.5 Å². The molecule has 5 nitrogen and oxygen atoms in total. The Bertz CT molecular complexity index is 663. The van der Waals surface area contributed by atoms with E-state index in [1.54, 1.807) is 6.07 Å². The Kier molecular flexibility index (Phi) is 4.90. The molecule has 1 aromatic heterocycles. The third-order valence-electron chi connectivity index (χ3n) is 2.82. The number of pyridine rings is 1. The number of carbonyl (C=O) groups is 1. The molecule has 21 heavy (non-hydrogen) atoms. The van der Waals surface area contributed by atoms with Crippen LogP contribution < -0.4 is 11.0 Å². The first-order valence-corrected chi connectivity index (χ1v) is 6.79. The number of amides is 1. The Balaban J connectivity index is 2.13. The molecule has 5 heteroatoms. The van der Waals surface area contributed by atoms with Crippen LogP contribution in [0.3, 0.4) is 0 Å². The number of rotatable bonds is 5. The van der Waals surface area contributed by atoms with Gasteiger partial charge in [-0.1, -0.05) is 44.2 Å². The number of nitrogens with one attached hydrogen (secondary N) is 2. The molecule has 1 heterocycles. The summed E-state index contributed by atoms with van der Waals surface area (Å²) in [5.74, 6) is -0.249. The smallest absolute Gasteiger partial charge is 0.280 e. The Morgan fingerprint density at radius 3 is 2.52 bits per heavy atom. The van der Waals surface area contributed by atoms with Crippen molar-refractivity contribution in [3.63, 3.8) is 0 Å². The minimum Gasteiger partial charge on any atom is -0.321 e. The van der Waals surface area contributed by atoms with Gasteiger partial charge in [0.15, 0.2) is 0 Å². The molecule has 0 aliphatic heterocycles. The van der Waals surface area contributed by atoms with E-state index in [1.807, 2.05) is 44.2 Å². The second-order valence-corrected chi connectivity index (χ2v) is 5.12. The predicted octanol–water partition coefficient (Wildman–Crippen LogP) is 2.36. The first-order chi connectivity index (χ1) is 10.1. The van der Waals surface area contributed by atoms with Crippen LogP contribution in [0.15, 0.2) is 47.3 Å². The molecule has 0 radical (unpaired) electrons. The quantitative estimate of drug-likeness (QED) is 0.829. The average Bonchev–Trinajstić information content (AvgIpc) is 2.47. The number of H-pyrrole nitrogens is 1. The summed E-state index contributed by atoms with van der Waals surface area (Å²) in [5.41, 5.74) is 3.41. The lowest BCUT2D eigenvalue weighted by Crippen LogP contribution is -2.30. The van der Waals surface area contributed by atoms with E-state index in [-0.39, 0.29) is 5.56 Å². The van der Waals surface area contributed by atoms with Gasteiger partial charge in [0.1, 0.15) is 5.56 Å². The Morgan fingerprint density at radius 2 is 1.90 bits per heavy atom. The van der Waals surface area contributed by atoms with Crippen molar-refractivity contribution in [3.05, 3.63) is 58.4 Å². The van der Waals surface area contributed by atoms with Crippen LogP contribution in [0.25, 0.3) is 11.3 Å². The van der Waals surface area contributed by atoms with Gasteiger partial charge in [-0.15, -0.1) is 0 Å². The van der Waals surface area contributed by atoms with Gasteiger partial charge in [0, 0.05) is 5.69 Å². The lowest BCUT2D eigenvalue weighted by atomic mass is 10.1. The van der Waals surface area contributed by atoms with Gasteiger partial charge in [0.2, 0.25) is 0 Å². The molecule has 0 bridgehead atoms. The van der Waals surface area contributed by atoms with E-state index in [2.05, 4.69) is 10.5 Å². The normalized spacial score (nSPS) is 10.6. The second-order valence-electron chi connectivity index (χ2n) is 5.12. The van der Waals surface area contributed by atoms with Crippen molar-refractivity contribution in [1.29, 1.82) is 0 Å². The van der Waals surface area contributed by atoms with Crippen LogP contribution in [-0.2, 0) is 4.84 Å². The fourth-order valence-electron chi connectivity index (χ4n) is 1.77. The maximum atomic E-state index is 12.0. The van der Waals surface area contributed by atoms with Crippen molar-refractivity contribution < 1.29 is 9.63 Å². The number of hydrogen-bond acceptors (Lipinski definition) is 3. The van der Waals surface area contributed by atoms with Gasteiger partial charge in [-0.3, -0.25) is 14.4 Å². The highest BCUT2D eigenvalue weighted by Crippen LogP contribution is 2.14. The molecule has 110 valence electrons. The SMILES string of the molecule is CC(C)CONC(=O)c1ccc(-c2ccccc2)[nH]c1=O. The highest BCUT2D eigenvalue weighted by Gasteiger charge is 2.11. The molecule has 0 saturated carbocycles. The van der Waals surface area contributed by atoms with E-state index in [0.717, 1.165) is 5.56 Å². The van der Waals surface area contributed by atoms with Gasteiger partial charge in [0.05, 0.1) is 6.61 Å². The number of hydroxylamine groups is 1. The highest BCUT2D eigenvalue weighted by atomic mass is 16.6. The van der Waals surface area contributed by atoms with E-state index in [4.69, 9.17) is 4.84 Å². The molecule has 0 aliphatic rings. The van der Waals surface area contributed by atoms with Crippen molar-refractivity contribution in [2.45, 2.75) is 13.8 Å². The Labute approximate surface area is 122 Å². The minimum absolute atomic E-state index is 0.0263. The van der Waals surface area contributed by atoms with Crippen LogP contribution in [-0.4, -0.2) is 17.5 Å². The summed E-state index contributed by atoms with van der Waals surface area (Å²) < 4.78 is 0. The van der Waals surface area contributed by atoms with Crippen LogP contribution in [0, 0.1) is 5.92 Å². The summed E-state index contributed by atoms with van der Waals surface area (Å²) in [4.78, 5) is 31.5. The van der Waals surface area contributed by atoms with E-state index in [0.29, 0.717) is 18.2 Å². The first kappa shape index (κ1) is 15.0. The van der Waals surface area contributed by atoms with E-state index in [1.165, 1.54) is 6.07 Å². The monoisotopic (exact) mass is 286 g/mol. The zero-order valence-electron chi connectivity index (χ0n) is 12.1. The number of carbonyl (C=O) groups excluding carboxylic acids is 1. The third kappa shape index (κ3) is 4.03. The topological polar surface area (TPSA) is 71.2 Å². The molecule has 0 saturated heterocycles. The molecule has 0 fully saturated rings. The number of benzene rings is 1. The van der Waals surface area contributed by atoms with Gasteiger partial charge in [-0.25, -0.2) is 5.48 Å². The zero-order valence-corrected chi connectivity index (χ0v) is 12.1. The fourth-order valence-corrected chi connectivity index (χ4v) is 1.77. The fraction of sp³-hybridized carbons (Fsp3) is 0.250. The minimum atomic E-state index is -0.545. The molecule has 1 amide bonds. The van der Waals surface area contributed by atoms with Crippen LogP contribution in [0.1, 0.15) is 24.2 Å². The van der Waals surface area contributed by atoms with Gasteiger partial charge < -0.3 is 4.98 Å². The summed E-state index contributed by atoms with van der Waals surface area (Å²) in [6, 6.07) is 12.6. The van der Waals surface area contributed by atoms with E-state index >= 15 is 0 Å². The van der Waals surface area contributed by atoms with Crippen molar-refractivity contribution in [2.75, 3.05) is 6.61 Å². The van der Waals surface area contributed by atoms with Crippen LogP contribution in [0.5, 0.6) is 0 Å². The Morgan fingerprint density at radius 1 is 1.19 bits per heavy atom. The highest BCUT2D eigenvalue weighted by molar-refractivity contribution is 5.93. The second kappa shape index (κ2) is 6.85. The number of aromatic nitrogens is 1.